The molecule has 0 aromatic heterocycles. The third-order valence-electron chi connectivity index (χ3n) is 2.91. The zero-order valence-electron chi connectivity index (χ0n) is 10.9. The van der Waals surface area contributed by atoms with E-state index in [0.29, 0.717) is 24.3 Å². The zero-order chi connectivity index (χ0) is 14.7. The number of carbonyl (C=O) groups is 3. The number of rotatable bonds is 3. The van der Waals surface area contributed by atoms with Crippen molar-refractivity contribution in [1.29, 1.82) is 0 Å². The summed E-state index contributed by atoms with van der Waals surface area (Å²) in [4.78, 5) is 33.4. The van der Waals surface area contributed by atoms with Crippen LogP contribution in [0.3, 0.4) is 0 Å². The molecule has 1 aromatic carbocycles. The number of nitrogens with one attached hydrogen (secondary N) is 2. The topological polar surface area (TPSA) is 111 Å². The summed E-state index contributed by atoms with van der Waals surface area (Å²) in [7, 11) is 0. The molecule has 1 atom stereocenters. The molecule has 0 bridgehead atoms. The number of urea groups is 1. The number of hydrogen-bond acceptors (Lipinski definition) is 4. The second-order valence-electron chi connectivity index (χ2n) is 4.48. The lowest BCUT2D eigenvalue weighted by atomic mass is 10.0. The van der Waals surface area contributed by atoms with E-state index < -0.39 is 18.0 Å². The van der Waals surface area contributed by atoms with Crippen molar-refractivity contribution in [2.24, 2.45) is 5.73 Å². The van der Waals surface area contributed by atoms with Crippen molar-refractivity contribution in [2.75, 3.05) is 5.32 Å². The van der Waals surface area contributed by atoms with Gasteiger partial charge in [-0.05, 0) is 25.0 Å². The molecule has 0 spiro atoms. The maximum absolute atomic E-state index is 11.5. The zero-order valence-corrected chi connectivity index (χ0v) is 10.9. The van der Waals surface area contributed by atoms with Gasteiger partial charge in [0.2, 0.25) is 5.91 Å². The van der Waals surface area contributed by atoms with Crippen LogP contribution < -0.4 is 21.1 Å². The molecule has 1 heterocycles. The predicted octanol–water partition coefficient (Wildman–Crippen LogP) is 0.533. The Morgan fingerprint density at radius 1 is 1.40 bits per heavy atom. The van der Waals surface area contributed by atoms with Crippen LogP contribution in [0.15, 0.2) is 18.2 Å². The fourth-order valence-electron chi connectivity index (χ4n) is 1.90. The van der Waals surface area contributed by atoms with E-state index in [1.54, 1.807) is 12.1 Å². The van der Waals surface area contributed by atoms with E-state index in [-0.39, 0.29) is 5.91 Å². The molecule has 4 amide bonds. The fraction of sp³-hybridized carbons (Fsp3) is 0.308. The van der Waals surface area contributed by atoms with Crippen molar-refractivity contribution < 1.29 is 19.1 Å². The van der Waals surface area contributed by atoms with Gasteiger partial charge in [0.05, 0.1) is 0 Å². The average molecular weight is 277 g/mol. The summed E-state index contributed by atoms with van der Waals surface area (Å²) in [5.41, 5.74) is 6.56. The van der Waals surface area contributed by atoms with Gasteiger partial charge in [-0.15, -0.1) is 0 Å². The molecule has 20 heavy (non-hydrogen) atoms. The Bertz CT molecular complexity index is 571. The maximum Gasteiger partial charge on any atom is 0.318 e. The van der Waals surface area contributed by atoms with Gasteiger partial charge in [0.1, 0.15) is 5.75 Å². The third-order valence-corrected chi connectivity index (χ3v) is 2.91. The minimum atomic E-state index is -0.928. The summed E-state index contributed by atoms with van der Waals surface area (Å²) in [5, 5.41) is 4.68. The van der Waals surface area contributed by atoms with E-state index in [0.717, 1.165) is 5.56 Å². The van der Waals surface area contributed by atoms with Gasteiger partial charge in [-0.3, -0.25) is 14.9 Å². The van der Waals surface area contributed by atoms with E-state index >= 15 is 0 Å². The summed E-state index contributed by atoms with van der Waals surface area (Å²) in [6.07, 6.45) is 0.267. The number of carbonyl (C=O) groups excluding carboxylic acids is 3. The predicted molar refractivity (Wildman–Crippen MR) is 71.2 cm³/mol. The number of hydrogen-bond donors (Lipinski definition) is 3. The molecular formula is C13H15N3O4. The number of aryl methyl sites for hydroxylation is 1. The Balaban J connectivity index is 2.07. The number of nitrogens with two attached hydrogens (primary N) is 1. The van der Waals surface area contributed by atoms with Crippen LogP contribution in [0, 0.1) is 0 Å². The van der Waals surface area contributed by atoms with Crippen LogP contribution in [0.5, 0.6) is 5.75 Å². The van der Waals surface area contributed by atoms with Crippen LogP contribution in [0.1, 0.15) is 18.9 Å². The molecule has 1 unspecified atom stereocenters. The van der Waals surface area contributed by atoms with E-state index in [4.69, 9.17) is 10.5 Å². The lowest BCUT2D eigenvalue weighted by Gasteiger charge is -2.19. The first kappa shape index (κ1) is 13.9. The molecule has 0 saturated heterocycles. The van der Waals surface area contributed by atoms with Crippen molar-refractivity contribution in [3.05, 3.63) is 23.8 Å². The van der Waals surface area contributed by atoms with Crippen LogP contribution in [0.25, 0.3) is 0 Å². The van der Waals surface area contributed by atoms with Gasteiger partial charge in [-0.25, -0.2) is 4.79 Å². The molecule has 1 aliphatic rings. The molecule has 1 aromatic rings. The highest BCUT2D eigenvalue weighted by atomic mass is 16.5. The quantitative estimate of drug-likeness (QED) is 0.748. The summed E-state index contributed by atoms with van der Waals surface area (Å²) in [5.74, 6) is -0.244. The van der Waals surface area contributed by atoms with Gasteiger partial charge in [0.15, 0.2) is 6.10 Å². The molecule has 0 radical (unpaired) electrons. The van der Waals surface area contributed by atoms with E-state index in [1.807, 2.05) is 11.4 Å². The molecule has 7 heteroatoms. The van der Waals surface area contributed by atoms with Crippen molar-refractivity contribution in [3.8, 4) is 5.75 Å². The van der Waals surface area contributed by atoms with Gasteiger partial charge < -0.3 is 15.8 Å². The molecule has 4 N–H and O–H groups in total. The van der Waals surface area contributed by atoms with E-state index in [9.17, 15) is 14.4 Å². The number of ether oxygens (including phenoxy) is 1. The largest absolute Gasteiger partial charge is 0.481 e. The summed E-state index contributed by atoms with van der Waals surface area (Å²) < 4.78 is 5.41. The molecule has 7 nitrogen and oxygen atoms in total. The summed E-state index contributed by atoms with van der Waals surface area (Å²) in [6.45, 7) is 1.50. The molecule has 1 aliphatic heterocycles. The molecule has 0 aliphatic carbocycles. The van der Waals surface area contributed by atoms with Gasteiger partial charge in [0, 0.05) is 18.2 Å². The van der Waals surface area contributed by atoms with Crippen molar-refractivity contribution in [1.82, 2.24) is 5.32 Å². The van der Waals surface area contributed by atoms with Crippen LogP contribution in [0.4, 0.5) is 10.5 Å². The van der Waals surface area contributed by atoms with Crippen molar-refractivity contribution >= 4 is 23.5 Å². The van der Waals surface area contributed by atoms with E-state index in [2.05, 4.69) is 5.32 Å². The first-order valence-corrected chi connectivity index (χ1v) is 6.15. The Morgan fingerprint density at radius 3 is 2.85 bits per heavy atom. The van der Waals surface area contributed by atoms with Gasteiger partial charge in [0.25, 0.3) is 5.91 Å². The monoisotopic (exact) mass is 277 g/mol. The lowest BCUT2D eigenvalue weighted by molar-refractivity contribution is -0.126. The average Bonchev–Trinajstić information content (AvgIpc) is 2.37. The number of benzene rings is 1. The van der Waals surface area contributed by atoms with Crippen LogP contribution in [0.2, 0.25) is 0 Å². The minimum Gasteiger partial charge on any atom is -0.481 e. The summed E-state index contributed by atoms with van der Waals surface area (Å²) >= 11 is 0. The Hall–Kier alpha value is -2.57. The SMILES string of the molecule is CC(Oc1ccc2c(c1)NC(=O)CC2)C(=O)NC(N)=O. The van der Waals surface area contributed by atoms with Gasteiger partial charge >= 0.3 is 6.03 Å². The number of primary amides is 1. The van der Waals surface area contributed by atoms with Crippen molar-refractivity contribution in [2.45, 2.75) is 25.9 Å². The first-order chi connectivity index (χ1) is 9.45. The second-order valence-corrected chi connectivity index (χ2v) is 4.48. The minimum absolute atomic E-state index is 0.0471. The van der Waals surface area contributed by atoms with Gasteiger partial charge in [-0.1, -0.05) is 6.07 Å². The smallest absolute Gasteiger partial charge is 0.318 e. The molecule has 2 rings (SSSR count). The molecular weight excluding hydrogens is 262 g/mol. The third kappa shape index (κ3) is 3.25. The fourth-order valence-corrected chi connectivity index (χ4v) is 1.90. The highest BCUT2D eigenvalue weighted by Crippen LogP contribution is 2.27. The number of fused-ring (bicyclic) bond motifs is 1. The van der Waals surface area contributed by atoms with E-state index in [1.165, 1.54) is 6.92 Å². The normalized spacial score (nSPS) is 14.8. The second kappa shape index (κ2) is 5.60. The maximum atomic E-state index is 11.5. The van der Waals surface area contributed by atoms with Crippen LogP contribution in [-0.2, 0) is 16.0 Å². The number of imide groups is 1. The van der Waals surface area contributed by atoms with Crippen LogP contribution in [-0.4, -0.2) is 23.9 Å². The Morgan fingerprint density at radius 2 is 2.15 bits per heavy atom. The summed E-state index contributed by atoms with van der Waals surface area (Å²) in [6, 6.07) is 4.27. The first-order valence-electron chi connectivity index (χ1n) is 6.15. The Labute approximate surface area is 115 Å². The van der Waals surface area contributed by atoms with Gasteiger partial charge in [-0.2, -0.15) is 0 Å². The number of amides is 4. The van der Waals surface area contributed by atoms with Crippen molar-refractivity contribution in [3.63, 3.8) is 0 Å². The Kier molecular flexibility index (Phi) is 3.88. The lowest BCUT2D eigenvalue weighted by Crippen LogP contribution is -2.42. The number of anilines is 1. The highest BCUT2D eigenvalue weighted by molar-refractivity contribution is 5.96. The standard InChI is InChI=1S/C13H15N3O4/c1-7(12(18)16-13(14)19)20-9-4-2-8-3-5-11(17)15-10(8)6-9/h2,4,6-7H,3,5H2,1H3,(H,15,17)(H3,14,16,18,19). The molecule has 0 saturated carbocycles. The molecule has 0 fully saturated rings. The molecule has 106 valence electrons. The highest BCUT2D eigenvalue weighted by Gasteiger charge is 2.18. The van der Waals surface area contributed by atoms with Crippen LogP contribution >= 0.6 is 0 Å².